The van der Waals surface area contributed by atoms with E-state index in [1.807, 2.05) is 12.1 Å². The molecule has 5 N–H and O–H groups in total. The average molecular weight is 721 g/mol. The van der Waals surface area contributed by atoms with Gasteiger partial charge in [0.15, 0.2) is 0 Å². The lowest BCUT2D eigenvalue weighted by molar-refractivity contribution is -0.141. The summed E-state index contributed by atoms with van der Waals surface area (Å²) in [5, 5.41) is 5.48. The molecule has 0 radical (unpaired) electrons. The normalized spacial score (nSPS) is 14.0. The third-order valence-corrected chi connectivity index (χ3v) is 8.52. The Morgan fingerprint density at radius 3 is 1.76 bits per heavy atom. The number of benzene rings is 2. The van der Waals surface area contributed by atoms with Crippen LogP contribution in [0.1, 0.15) is 37.5 Å². The van der Waals surface area contributed by atoms with E-state index in [1.54, 1.807) is 25.8 Å². The Balaban J connectivity index is 1.07. The van der Waals surface area contributed by atoms with E-state index >= 15 is 0 Å². The zero-order valence-electron chi connectivity index (χ0n) is 29.6. The highest BCUT2D eigenvalue weighted by atomic mass is 32.2. The highest BCUT2D eigenvalue weighted by molar-refractivity contribution is 7.97. The second kappa shape index (κ2) is 25.2. The highest BCUT2D eigenvalue weighted by Gasteiger charge is 2.35. The summed E-state index contributed by atoms with van der Waals surface area (Å²) in [4.78, 5) is 26.1. The first-order chi connectivity index (χ1) is 24.4. The molecule has 1 aliphatic carbocycles. The van der Waals surface area contributed by atoms with Gasteiger partial charge in [0.1, 0.15) is 17.3 Å². The van der Waals surface area contributed by atoms with E-state index in [1.165, 1.54) is 11.1 Å². The van der Waals surface area contributed by atoms with Gasteiger partial charge in [-0.15, -0.1) is 0 Å². The number of rotatable bonds is 29. The molecule has 0 heterocycles. The summed E-state index contributed by atoms with van der Waals surface area (Å²) in [6.07, 6.45) is 2.22. The topological polar surface area (TPSA) is 161 Å². The number of nitrogens with two attached hydrogens (primary N) is 1. The van der Waals surface area contributed by atoms with Crippen LogP contribution in [0.5, 0.6) is 5.75 Å². The Morgan fingerprint density at radius 2 is 1.20 bits per heavy atom. The number of ether oxygens (including phenoxy) is 7. The Kier molecular flexibility index (Phi) is 21.0. The maximum Gasteiger partial charge on any atom is 0.235 e. The van der Waals surface area contributed by atoms with E-state index in [0.717, 1.165) is 23.5 Å². The van der Waals surface area contributed by atoms with Crippen molar-refractivity contribution >= 4 is 23.8 Å². The maximum absolute atomic E-state index is 12.5. The van der Waals surface area contributed by atoms with E-state index in [4.69, 9.17) is 38.9 Å². The molecule has 1 atom stereocenters. The lowest BCUT2D eigenvalue weighted by Gasteiger charge is -2.22. The van der Waals surface area contributed by atoms with Gasteiger partial charge >= 0.3 is 0 Å². The number of carbonyl (C=O) groups excluding carboxylic acids is 2. The predicted molar refractivity (Wildman–Crippen MR) is 192 cm³/mol. The third kappa shape index (κ3) is 16.5. The number of aryl methyl sites for hydroxylation is 1. The summed E-state index contributed by atoms with van der Waals surface area (Å²) < 4.78 is 42.2. The van der Waals surface area contributed by atoms with Crippen molar-refractivity contribution in [3.05, 3.63) is 59.7 Å². The Morgan fingerprint density at radius 1 is 0.700 bits per heavy atom. The summed E-state index contributed by atoms with van der Waals surface area (Å²) in [7, 11) is 0. The van der Waals surface area contributed by atoms with Crippen molar-refractivity contribution < 1.29 is 42.7 Å². The number of carbonyl (C=O) groups is 2. The lowest BCUT2D eigenvalue weighted by Crippen LogP contribution is -2.49. The standard InChI is InChI=1S/C36H56N4O9S/c1-36(2,34(41)38-14-18-44-22-26-47-25-21-43-17-13-37)35(42)39-15-19-45-23-27-48-28-24-46-20-16-40-50-31-10-8-30(9-11-31)49-33-12-7-29-5-3-4-6-32(29)33/h3-6,8-11,33,40H,7,12-28,37H2,1-2H3,(H,38,41)(H,39,42). The van der Waals surface area contributed by atoms with Crippen LogP contribution in [-0.2, 0) is 44.4 Å². The van der Waals surface area contributed by atoms with E-state index in [-0.39, 0.29) is 24.5 Å². The van der Waals surface area contributed by atoms with Crippen LogP contribution in [0, 0.1) is 5.41 Å². The van der Waals surface area contributed by atoms with Crippen molar-refractivity contribution in [3.8, 4) is 5.75 Å². The first-order valence-electron chi connectivity index (χ1n) is 17.4. The fourth-order valence-electron chi connectivity index (χ4n) is 4.82. The molecular formula is C36H56N4O9S. The predicted octanol–water partition coefficient (Wildman–Crippen LogP) is 2.67. The molecule has 2 aromatic carbocycles. The minimum Gasteiger partial charge on any atom is -0.486 e. The van der Waals surface area contributed by atoms with E-state index in [9.17, 15) is 9.59 Å². The molecule has 0 saturated heterocycles. The largest absolute Gasteiger partial charge is 0.486 e. The molecule has 2 aromatic rings. The summed E-state index contributed by atoms with van der Waals surface area (Å²) in [6, 6.07) is 16.7. The lowest BCUT2D eigenvalue weighted by atomic mass is 9.91. The highest BCUT2D eigenvalue weighted by Crippen LogP contribution is 2.35. The summed E-state index contributed by atoms with van der Waals surface area (Å²) in [5.74, 6) is 0.135. The van der Waals surface area contributed by atoms with E-state index in [0.29, 0.717) is 98.9 Å². The van der Waals surface area contributed by atoms with Gasteiger partial charge < -0.3 is 49.5 Å². The second-order valence-electron chi connectivity index (χ2n) is 11.9. The van der Waals surface area contributed by atoms with Crippen LogP contribution in [-0.4, -0.2) is 117 Å². The second-order valence-corrected chi connectivity index (χ2v) is 12.9. The molecule has 0 aromatic heterocycles. The van der Waals surface area contributed by atoms with Crippen molar-refractivity contribution in [3.63, 3.8) is 0 Å². The Bertz CT molecular complexity index is 1220. The summed E-state index contributed by atoms with van der Waals surface area (Å²) in [5.41, 5.74) is 6.80. The van der Waals surface area contributed by atoms with Gasteiger partial charge in [0.25, 0.3) is 0 Å². The molecule has 0 spiro atoms. The van der Waals surface area contributed by atoms with Gasteiger partial charge in [0, 0.05) is 31.1 Å². The third-order valence-electron chi connectivity index (χ3n) is 7.67. The van der Waals surface area contributed by atoms with Crippen LogP contribution in [0.3, 0.4) is 0 Å². The molecule has 14 heteroatoms. The number of amides is 2. The van der Waals surface area contributed by atoms with Crippen molar-refractivity contribution in [2.75, 3.05) is 105 Å². The fourth-order valence-corrected chi connectivity index (χ4v) is 5.45. The SMILES string of the molecule is CC(C)(C(=O)NCCOCCOCCOCCN)C(=O)NCCOCCOCCOCCNSc1ccc(OC2CCc3ccccc32)cc1. The number of hydrogen-bond acceptors (Lipinski definition) is 12. The molecule has 0 bridgehead atoms. The van der Waals surface area contributed by atoms with Gasteiger partial charge in [0.05, 0.1) is 79.3 Å². The van der Waals surface area contributed by atoms with Crippen LogP contribution >= 0.6 is 11.9 Å². The van der Waals surface area contributed by atoms with Crippen molar-refractivity contribution in [1.29, 1.82) is 0 Å². The van der Waals surface area contributed by atoms with Crippen LogP contribution < -0.4 is 25.8 Å². The van der Waals surface area contributed by atoms with E-state index in [2.05, 4.69) is 51.8 Å². The minimum atomic E-state index is -1.23. The number of hydrogen-bond donors (Lipinski definition) is 4. The molecule has 2 amide bonds. The fraction of sp³-hybridized carbons (Fsp3) is 0.611. The van der Waals surface area contributed by atoms with Crippen LogP contribution in [0.4, 0.5) is 0 Å². The molecule has 13 nitrogen and oxygen atoms in total. The van der Waals surface area contributed by atoms with Crippen molar-refractivity contribution in [1.82, 2.24) is 15.4 Å². The Hall–Kier alpha value is -2.79. The zero-order valence-corrected chi connectivity index (χ0v) is 30.4. The molecule has 1 unspecified atom stereocenters. The van der Waals surface area contributed by atoms with Gasteiger partial charge in [-0.2, -0.15) is 0 Å². The van der Waals surface area contributed by atoms with Gasteiger partial charge in [-0.3, -0.25) is 14.3 Å². The quantitative estimate of drug-likeness (QED) is 0.0554. The Labute approximate surface area is 301 Å². The minimum absolute atomic E-state index is 0.130. The van der Waals surface area contributed by atoms with E-state index < -0.39 is 5.41 Å². The van der Waals surface area contributed by atoms with Gasteiger partial charge in [-0.1, -0.05) is 24.3 Å². The zero-order chi connectivity index (χ0) is 35.7. The first-order valence-corrected chi connectivity index (χ1v) is 18.2. The maximum atomic E-state index is 12.5. The molecule has 0 saturated carbocycles. The molecule has 50 heavy (non-hydrogen) atoms. The molecular weight excluding hydrogens is 664 g/mol. The van der Waals surface area contributed by atoms with Gasteiger partial charge in [-0.25, -0.2) is 0 Å². The molecule has 1 aliphatic rings. The van der Waals surface area contributed by atoms with Crippen molar-refractivity contribution in [2.45, 2.75) is 37.7 Å². The van der Waals surface area contributed by atoms with Crippen LogP contribution in [0.2, 0.25) is 0 Å². The van der Waals surface area contributed by atoms with Crippen LogP contribution in [0.15, 0.2) is 53.4 Å². The number of nitrogens with one attached hydrogen (secondary N) is 3. The monoisotopic (exact) mass is 720 g/mol. The summed E-state index contributed by atoms with van der Waals surface area (Å²) >= 11 is 1.56. The summed E-state index contributed by atoms with van der Waals surface area (Å²) in [6.45, 7) is 10.2. The smallest absolute Gasteiger partial charge is 0.235 e. The molecule has 0 fully saturated rings. The van der Waals surface area contributed by atoms with Crippen LogP contribution in [0.25, 0.3) is 0 Å². The number of fused-ring (bicyclic) bond motifs is 1. The molecule has 280 valence electrons. The van der Waals surface area contributed by atoms with Crippen molar-refractivity contribution in [2.24, 2.45) is 11.1 Å². The average Bonchev–Trinajstić information content (AvgIpc) is 3.53. The van der Waals surface area contributed by atoms with Gasteiger partial charge in [0.2, 0.25) is 11.8 Å². The van der Waals surface area contributed by atoms with Gasteiger partial charge in [-0.05, 0) is 74.0 Å². The molecule has 3 rings (SSSR count). The first kappa shape index (κ1) is 41.6. The molecule has 0 aliphatic heterocycles.